The fourth-order valence-electron chi connectivity index (χ4n) is 3.60. The van der Waals surface area contributed by atoms with Crippen LogP contribution in [0.25, 0.3) is 0 Å². The van der Waals surface area contributed by atoms with Gasteiger partial charge < -0.3 is 14.0 Å². The highest BCUT2D eigenvalue weighted by atomic mass is 35.5. The van der Waals surface area contributed by atoms with E-state index in [-0.39, 0.29) is 29.5 Å². The van der Waals surface area contributed by atoms with Crippen molar-refractivity contribution in [2.24, 2.45) is 0 Å². The van der Waals surface area contributed by atoms with Gasteiger partial charge >= 0.3 is 11.9 Å². The Morgan fingerprint density at radius 2 is 1.65 bits per heavy atom. The minimum Gasteiger partial charge on any atom is -0.468 e. The maximum Gasteiger partial charge on any atom is 0.329 e. The number of esters is 2. The Morgan fingerprint density at radius 3 is 2.19 bits per heavy atom. The maximum absolute atomic E-state index is 13.0. The third kappa shape index (κ3) is 2.36. The summed E-state index contributed by atoms with van der Waals surface area (Å²) in [5.41, 5.74) is -0.0188. The Morgan fingerprint density at radius 1 is 1.08 bits per heavy atom. The lowest BCUT2D eigenvalue weighted by molar-refractivity contribution is -0.161. The molecule has 3 rings (SSSR count). The third-order valence-corrected chi connectivity index (χ3v) is 5.33. The second kappa shape index (κ2) is 6.61. The van der Waals surface area contributed by atoms with Gasteiger partial charge in [-0.2, -0.15) is 0 Å². The van der Waals surface area contributed by atoms with Crippen LogP contribution in [-0.2, 0) is 31.0 Å². The standard InChI is InChI=1S/C19H18ClNO5/c1-11-13(20)16-19(17(23)25-2,18(24)26-3)9-10-21(16)14(11)15(22)12-7-5-4-6-8-12/h4-8H,9-10H2,1-3H3. The van der Waals surface area contributed by atoms with Crippen molar-refractivity contribution >= 4 is 29.3 Å². The number of carbonyl (C=O) groups is 3. The van der Waals surface area contributed by atoms with Crippen LogP contribution in [-0.4, -0.2) is 36.5 Å². The summed E-state index contributed by atoms with van der Waals surface area (Å²) in [4.78, 5) is 38.1. The number of ketones is 1. The van der Waals surface area contributed by atoms with Gasteiger partial charge in [-0.3, -0.25) is 14.4 Å². The van der Waals surface area contributed by atoms with Crippen molar-refractivity contribution in [3.63, 3.8) is 0 Å². The van der Waals surface area contributed by atoms with Crippen LogP contribution < -0.4 is 0 Å². The first-order chi connectivity index (χ1) is 12.4. The lowest BCUT2D eigenvalue weighted by Gasteiger charge is -2.23. The molecule has 7 heteroatoms. The van der Waals surface area contributed by atoms with Gasteiger partial charge in [0.1, 0.15) is 0 Å². The molecule has 136 valence electrons. The highest BCUT2D eigenvalue weighted by Crippen LogP contribution is 2.45. The summed E-state index contributed by atoms with van der Waals surface area (Å²) >= 11 is 6.49. The molecule has 1 aliphatic rings. The minimum atomic E-state index is -1.67. The number of halogens is 1. The van der Waals surface area contributed by atoms with Gasteiger partial charge in [-0.25, -0.2) is 0 Å². The number of benzene rings is 1. The first-order valence-electron chi connectivity index (χ1n) is 8.05. The summed E-state index contributed by atoms with van der Waals surface area (Å²) in [5.74, 6) is -1.72. The highest BCUT2D eigenvalue weighted by molar-refractivity contribution is 6.34. The Balaban J connectivity index is 2.24. The van der Waals surface area contributed by atoms with E-state index in [2.05, 4.69) is 0 Å². The molecule has 1 aromatic heterocycles. The second-order valence-corrected chi connectivity index (χ2v) is 6.50. The van der Waals surface area contributed by atoms with Gasteiger partial charge in [0, 0.05) is 12.1 Å². The number of nitrogens with zero attached hydrogens (tertiary/aromatic N) is 1. The van der Waals surface area contributed by atoms with Crippen LogP contribution in [0.5, 0.6) is 0 Å². The van der Waals surface area contributed by atoms with Crippen molar-refractivity contribution in [1.29, 1.82) is 0 Å². The van der Waals surface area contributed by atoms with Gasteiger partial charge in [0.2, 0.25) is 11.2 Å². The third-order valence-electron chi connectivity index (χ3n) is 4.87. The highest BCUT2D eigenvalue weighted by Gasteiger charge is 2.57. The molecule has 26 heavy (non-hydrogen) atoms. The number of rotatable bonds is 4. The van der Waals surface area contributed by atoms with Crippen molar-refractivity contribution in [2.75, 3.05) is 14.2 Å². The lowest BCUT2D eigenvalue weighted by atomic mass is 9.83. The number of methoxy groups -OCH3 is 2. The molecule has 0 atom stereocenters. The number of hydrogen-bond donors (Lipinski definition) is 0. The summed E-state index contributed by atoms with van der Waals surface area (Å²) in [6, 6.07) is 8.77. The molecule has 0 unspecified atom stereocenters. The number of aromatic nitrogens is 1. The summed E-state index contributed by atoms with van der Waals surface area (Å²) < 4.78 is 11.4. The van der Waals surface area contributed by atoms with Crippen LogP contribution in [0.1, 0.15) is 33.7 Å². The van der Waals surface area contributed by atoms with Crippen molar-refractivity contribution in [3.8, 4) is 0 Å². The van der Waals surface area contributed by atoms with Crippen LogP contribution in [0.15, 0.2) is 30.3 Å². The number of hydrogen-bond acceptors (Lipinski definition) is 5. The first kappa shape index (κ1) is 18.2. The van der Waals surface area contributed by atoms with Crippen LogP contribution in [0, 0.1) is 6.92 Å². The summed E-state index contributed by atoms with van der Waals surface area (Å²) in [6.07, 6.45) is 0.122. The number of ether oxygens (including phenoxy) is 2. The van der Waals surface area contributed by atoms with E-state index < -0.39 is 17.4 Å². The minimum absolute atomic E-state index is 0.122. The summed E-state index contributed by atoms with van der Waals surface area (Å²) in [5, 5.41) is 0.206. The molecule has 1 aliphatic heterocycles. The zero-order valence-corrected chi connectivity index (χ0v) is 15.4. The molecule has 0 spiro atoms. The predicted molar refractivity (Wildman–Crippen MR) is 94.4 cm³/mol. The van der Waals surface area contributed by atoms with E-state index in [1.807, 2.05) is 6.07 Å². The number of carbonyl (C=O) groups excluding carboxylic acids is 3. The molecule has 0 saturated heterocycles. The first-order valence-corrected chi connectivity index (χ1v) is 8.43. The zero-order valence-electron chi connectivity index (χ0n) is 14.7. The molecule has 0 N–H and O–H groups in total. The molecular weight excluding hydrogens is 358 g/mol. The van der Waals surface area contributed by atoms with Gasteiger partial charge in [0.15, 0.2) is 0 Å². The van der Waals surface area contributed by atoms with E-state index in [0.29, 0.717) is 16.8 Å². The quantitative estimate of drug-likeness (QED) is 0.466. The Kier molecular flexibility index (Phi) is 4.63. The molecule has 0 radical (unpaired) electrons. The van der Waals surface area contributed by atoms with E-state index in [1.54, 1.807) is 35.8 Å². The zero-order chi connectivity index (χ0) is 19.1. The van der Waals surface area contributed by atoms with E-state index in [1.165, 1.54) is 14.2 Å². The summed E-state index contributed by atoms with van der Waals surface area (Å²) in [7, 11) is 2.41. The van der Waals surface area contributed by atoms with Crippen molar-refractivity contribution in [1.82, 2.24) is 4.57 Å². The van der Waals surface area contributed by atoms with Gasteiger partial charge in [0.05, 0.1) is 30.6 Å². The lowest BCUT2D eigenvalue weighted by Crippen LogP contribution is -2.44. The fraction of sp³-hybridized carbons (Fsp3) is 0.316. The molecule has 6 nitrogen and oxygen atoms in total. The molecule has 0 saturated carbocycles. The Labute approximate surface area is 155 Å². The maximum atomic E-state index is 13.0. The average molecular weight is 376 g/mol. The second-order valence-electron chi connectivity index (χ2n) is 6.12. The largest absolute Gasteiger partial charge is 0.468 e. The molecule has 0 amide bonds. The fourth-order valence-corrected chi connectivity index (χ4v) is 3.95. The van der Waals surface area contributed by atoms with E-state index in [9.17, 15) is 14.4 Å². The molecule has 0 bridgehead atoms. The molecule has 2 aromatic rings. The van der Waals surface area contributed by atoms with Gasteiger partial charge in [0.25, 0.3) is 0 Å². The van der Waals surface area contributed by atoms with Gasteiger partial charge in [-0.05, 0) is 18.9 Å². The van der Waals surface area contributed by atoms with Gasteiger partial charge in [-0.1, -0.05) is 41.9 Å². The van der Waals surface area contributed by atoms with Gasteiger partial charge in [-0.15, -0.1) is 0 Å². The Hall–Kier alpha value is -2.60. The van der Waals surface area contributed by atoms with E-state index >= 15 is 0 Å². The Bertz CT molecular complexity index is 884. The van der Waals surface area contributed by atoms with E-state index in [4.69, 9.17) is 21.1 Å². The van der Waals surface area contributed by atoms with Crippen LogP contribution in [0.4, 0.5) is 0 Å². The van der Waals surface area contributed by atoms with Crippen molar-refractivity contribution in [3.05, 3.63) is 57.9 Å². The molecule has 1 aromatic carbocycles. The monoisotopic (exact) mass is 375 g/mol. The predicted octanol–water partition coefficient (Wildman–Crippen LogP) is 2.67. The molecular formula is C19H18ClNO5. The smallest absolute Gasteiger partial charge is 0.329 e. The normalized spacial score (nSPS) is 14.6. The molecule has 0 aliphatic carbocycles. The average Bonchev–Trinajstić information content (AvgIpc) is 3.18. The summed E-state index contributed by atoms with van der Waals surface area (Å²) in [6.45, 7) is 1.98. The number of fused-ring (bicyclic) bond motifs is 1. The molecule has 2 heterocycles. The van der Waals surface area contributed by atoms with E-state index in [0.717, 1.165) is 0 Å². The van der Waals surface area contributed by atoms with Crippen LogP contribution in [0.2, 0.25) is 5.02 Å². The van der Waals surface area contributed by atoms with Crippen LogP contribution >= 0.6 is 11.6 Å². The topological polar surface area (TPSA) is 74.6 Å². The van der Waals surface area contributed by atoms with Crippen molar-refractivity contribution < 1.29 is 23.9 Å². The van der Waals surface area contributed by atoms with Crippen LogP contribution in [0.3, 0.4) is 0 Å². The van der Waals surface area contributed by atoms with Crippen molar-refractivity contribution in [2.45, 2.75) is 25.3 Å². The SMILES string of the molecule is COC(=O)C1(C(=O)OC)CCn2c(C(=O)c3ccccc3)c(C)c(Cl)c21. The molecule has 0 fully saturated rings.